The topological polar surface area (TPSA) is 58.6 Å². The van der Waals surface area contributed by atoms with Gasteiger partial charge in [-0.3, -0.25) is 9.59 Å². The van der Waals surface area contributed by atoms with Gasteiger partial charge in [0.2, 0.25) is 11.8 Å². The summed E-state index contributed by atoms with van der Waals surface area (Å²) in [7, 11) is 0. The molecule has 1 aliphatic heterocycles. The van der Waals surface area contributed by atoms with E-state index >= 15 is 0 Å². The number of nitrogens with zero attached hydrogens (tertiary/aromatic N) is 1. The van der Waals surface area contributed by atoms with E-state index in [1.54, 1.807) is 11.8 Å². The summed E-state index contributed by atoms with van der Waals surface area (Å²) in [6, 6.07) is 7.87. The Morgan fingerprint density at radius 2 is 2.13 bits per heavy atom. The summed E-state index contributed by atoms with van der Waals surface area (Å²) < 4.78 is 5.57. The fourth-order valence-electron chi connectivity index (χ4n) is 2.79. The van der Waals surface area contributed by atoms with Gasteiger partial charge in [0, 0.05) is 33.2 Å². The zero-order valence-electron chi connectivity index (χ0n) is 14.0. The fraction of sp³-hybridized carbons (Fsp3) is 0.556. The predicted octanol–water partition coefficient (Wildman–Crippen LogP) is 1.68. The average molecular weight is 318 g/mol. The van der Waals surface area contributed by atoms with E-state index in [1.807, 2.05) is 31.2 Å². The van der Waals surface area contributed by atoms with Crippen LogP contribution >= 0.6 is 0 Å². The van der Waals surface area contributed by atoms with Gasteiger partial charge in [0.1, 0.15) is 0 Å². The van der Waals surface area contributed by atoms with E-state index in [9.17, 15) is 9.59 Å². The van der Waals surface area contributed by atoms with E-state index < -0.39 is 0 Å². The molecule has 1 N–H and O–H groups in total. The minimum atomic E-state index is -0.0140. The molecule has 1 unspecified atom stereocenters. The van der Waals surface area contributed by atoms with Crippen molar-refractivity contribution >= 4 is 11.8 Å². The summed E-state index contributed by atoms with van der Waals surface area (Å²) >= 11 is 0. The zero-order chi connectivity index (χ0) is 16.7. The Labute approximate surface area is 138 Å². The highest BCUT2D eigenvalue weighted by molar-refractivity contribution is 5.79. The number of aryl methyl sites for hydroxylation is 1. The standard InChI is InChI=1S/C18H26N2O3/c1-14-6-3-4-7-16(14)12-18(22)19-9-10-20(15(2)21)13-17-8-5-11-23-17/h3-4,6-7,17H,5,8-13H2,1-2H3,(H,19,22). The number of rotatable bonds is 7. The van der Waals surface area contributed by atoms with Gasteiger partial charge in [-0.15, -0.1) is 0 Å². The van der Waals surface area contributed by atoms with Crippen molar-refractivity contribution in [1.29, 1.82) is 0 Å². The van der Waals surface area contributed by atoms with Crippen LogP contribution in [0.15, 0.2) is 24.3 Å². The molecule has 1 fully saturated rings. The Kier molecular flexibility index (Phi) is 6.59. The van der Waals surface area contributed by atoms with Crippen molar-refractivity contribution in [3.05, 3.63) is 35.4 Å². The lowest BCUT2D eigenvalue weighted by Gasteiger charge is -2.24. The van der Waals surface area contributed by atoms with Crippen LogP contribution in [-0.2, 0) is 20.7 Å². The third-order valence-electron chi connectivity index (χ3n) is 4.21. The lowest BCUT2D eigenvalue weighted by molar-refractivity contribution is -0.131. The summed E-state index contributed by atoms with van der Waals surface area (Å²) in [5, 5.41) is 2.89. The Bertz CT molecular complexity index is 539. The van der Waals surface area contributed by atoms with Crippen molar-refractivity contribution < 1.29 is 14.3 Å². The molecule has 1 aromatic carbocycles. The van der Waals surface area contributed by atoms with Gasteiger partial charge in [-0.2, -0.15) is 0 Å². The molecular formula is C18H26N2O3. The molecule has 2 amide bonds. The second-order valence-electron chi connectivity index (χ2n) is 6.05. The van der Waals surface area contributed by atoms with Crippen molar-refractivity contribution in [2.45, 2.75) is 39.2 Å². The lowest BCUT2D eigenvalue weighted by atomic mass is 10.1. The van der Waals surface area contributed by atoms with Gasteiger partial charge >= 0.3 is 0 Å². The molecule has 1 saturated heterocycles. The fourth-order valence-corrected chi connectivity index (χ4v) is 2.79. The van der Waals surface area contributed by atoms with Gasteiger partial charge in [-0.25, -0.2) is 0 Å². The first kappa shape index (κ1) is 17.5. The second-order valence-corrected chi connectivity index (χ2v) is 6.05. The Morgan fingerprint density at radius 3 is 2.78 bits per heavy atom. The quantitative estimate of drug-likeness (QED) is 0.832. The molecule has 0 aromatic heterocycles. The van der Waals surface area contributed by atoms with E-state index in [4.69, 9.17) is 4.74 Å². The minimum Gasteiger partial charge on any atom is -0.376 e. The van der Waals surface area contributed by atoms with E-state index in [2.05, 4.69) is 5.32 Å². The first-order valence-electron chi connectivity index (χ1n) is 8.24. The summed E-state index contributed by atoms with van der Waals surface area (Å²) in [5.41, 5.74) is 2.15. The number of ether oxygens (including phenoxy) is 1. The largest absolute Gasteiger partial charge is 0.376 e. The summed E-state index contributed by atoms with van der Waals surface area (Å²) in [4.78, 5) is 25.5. The van der Waals surface area contributed by atoms with E-state index in [1.165, 1.54) is 0 Å². The highest BCUT2D eigenvalue weighted by Gasteiger charge is 2.20. The number of carbonyl (C=O) groups excluding carboxylic acids is 2. The molecule has 126 valence electrons. The molecule has 1 heterocycles. The number of carbonyl (C=O) groups is 2. The highest BCUT2D eigenvalue weighted by atomic mass is 16.5. The maximum Gasteiger partial charge on any atom is 0.224 e. The summed E-state index contributed by atoms with van der Waals surface area (Å²) in [6.07, 6.45) is 2.58. The van der Waals surface area contributed by atoms with E-state index in [-0.39, 0.29) is 17.9 Å². The second kappa shape index (κ2) is 8.67. The molecule has 23 heavy (non-hydrogen) atoms. The highest BCUT2D eigenvalue weighted by Crippen LogP contribution is 2.13. The maximum absolute atomic E-state index is 12.0. The summed E-state index contributed by atoms with van der Waals surface area (Å²) in [5.74, 6) is 0.00794. The molecule has 0 bridgehead atoms. The van der Waals surface area contributed by atoms with Crippen molar-refractivity contribution in [2.75, 3.05) is 26.2 Å². The number of amides is 2. The molecule has 1 atom stereocenters. The zero-order valence-corrected chi connectivity index (χ0v) is 14.0. The van der Waals surface area contributed by atoms with Gasteiger partial charge in [-0.1, -0.05) is 24.3 Å². The molecule has 0 spiro atoms. The molecule has 0 saturated carbocycles. The number of benzene rings is 1. The van der Waals surface area contributed by atoms with Crippen LogP contribution in [0.4, 0.5) is 0 Å². The third kappa shape index (κ3) is 5.67. The first-order valence-corrected chi connectivity index (χ1v) is 8.24. The van der Waals surface area contributed by atoms with Crippen LogP contribution in [0.2, 0.25) is 0 Å². The monoisotopic (exact) mass is 318 g/mol. The first-order chi connectivity index (χ1) is 11.1. The molecule has 5 nitrogen and oxygen atoms in total. The van der Waals surface area contributed by atoms with Crippen molar-refractivity contribution in [3.8, 4) is 0 Å². The van der Waals surface area contributed by atoms with Crippen LogP contribution in [0.25, 0.3) is 0 Å². The molecular weight excluding hydrogens is 292 g/mol. The van der Waals surface area contributed by atoms with Crippen LogP contribution in [0, 0.1) is 6.92 Å². The average Bonchev–Trinajstić information content (AvgIpc) is 3.01. The minimum absolute atomic E-state index is 0.0140. The normalized spacial score (nSPS) is 17.0. The van der Waals surface area contributed by atoms with Gasteiger partial charge in [0.15, 0.2) is 0 Å². The van der Waals surface area contributed by atoms with Gasteiger partial charge in [0.05, 0.1) is 12.5 Å². The van der Waals surface area contributed by atoms with Crippen LogP contribution in [0.1, 0.15) is 30.9 Å². The van der Waals surface area contributed by atoms with Crippen LogP contribution in [0.3, 0.4) is 0 Å². The number of hydrogen-bond donors (Lipinski definition) is 1. The third-order valence-corrected chi connectivity index (χ3v) is 4.21. The molecule has 1 aliphatic rings. The Morgan fingerprint density at radius 1 is 1.35 bits per heavy atom. The van der Waals surface area contributed by atoms with Crippen molar-refractivity contribution in [3.63, 3.8) is 0 Å². The lowest BCUT2D eigenvalue weighted by Crippen LogP contribution is -2.41. The van der Waals surface area contributed by atoms with Gasteiger partial charge < -0.3 is 15.0 Å². The predicted molar refractivity (Wildman–Crippen MR) is 89.1 cm³/mol. The van der Waals surface area contributed by atoms with Gasteiger partial charge in [-0.05, 0) is 30.9 Å². The van der Waals surface area contributed by atoms with Gasteiger partial charge in [0.25, 0.3) is 0 Å². The summed E-state index contributed by atoms with van der Waals surface area (Å²) in [6.45, 7) is 5.95. The Hall–Kier alpha value is -1.88. The molecule has 2 rings (SSSR count). The van der Waals surface area contributed by atoms with Crippen molar-refractivity contribution in [1.82, 2.24) is 10.2 Å². The maximum atomic E-state index is 12.0. The molecule has 0 radical (unpaired) electrons. The van der Waals surface area contributed by atoms with E-state index in [0.717, 1.165) is 30.6 Å². The number of nitrogens with one attached hydrogen (secondary N) is 1. The molecule has 0 aliphatic carbocycles. The number of hydrogen-bond acceptors (Lipinski definition) is 3. The van der Waals surface area contributed by atoms with Crippen molar-refractivity contribution in [2.24, 2.45) is 0 Å². The van der Waals surface area contributed by atoms with Crippen LogP contribution < -0.4 is 5.32 Å². The molecule has 5 heteroatoms. The van der Waals surface area contributed by atoms with E-state index in [0.29, 0.717) is 26.1 Å². The van der Waals surface area contributed by atoms with Crippen LogP contribution in [-0.4, -0.2) is 49.1 Å². The molecule has 1 aromatic rings. The Balaban J connectivity index is 1.74. The van der Waals surface area contributed by atoms with Crippen LogP contribution in [0.5, 0.6) is 0 Å². The smallest absolute Gasteiger partial charge is 0.224 e. The SMILES string of the molecule is CC(=O)N(CCNC(=O)Cc1ccccc1C)CC1CCCO1.